The normalized spacial score (nSPS) is 21.9. The summed E-state index contributed by atoms with van der Waals surface area (Å²) in [6.07, 6.45) is 3.35. The molecule has 5 heteroatoms. The molecule has 1 saturated heterocycles. The van der Waals surface area contributed by atoms with E-state index < -0.39 is 9.05 Å². The molecule has 2 rings (SSSR count). The van der Waals surface area contributed by atoms with Gasteiger partial charge in [0.15, 0.2) is 0 Å². The van der Waals surface area contributed by atoms with E-state index in [-0.39, 0.29) is 11.0 Å². The zero-order valence-corrected chi connectivity index (χ0v) is 10.3. The van der Waals surface area contributed by atoms with Crippen molar-refractivity contribution >= 4 is 19.7 Å². The fraction of sp³-hybridized carbons (Fsp3) is 0.455. The summed E-state index contributed by atoms with van der Waals surface area (Å²) < 4.78 is 27.7. The van der Waals surface area contributed by atoms with Crippen LogP contribution in [0, 0.1) is 0 Å². The lowest BCUT2D eigenvalue weighted by Crippen LogP contribution is -2.11. The number of hydrogen-bond acceptors (Lipinski definition) is 3. The molecule has 0 saturated carbocycles. The van der Waals surface area contributed by atoms with E-state index in [1.54, 1.807) is 12.1 Å². The van der Waals surface area contributed by atoms with Crippen LogP contribution in [0.5, 0.6) is 0 Å². The smallest absolute Gasteiger partial charge is 0.261 e. The van der Waals surface area contributed by atoms with E-state index in [4.69, 9.17) is 15.4 Å². The van der Waals surface area contributed by atoms with E-state index in [1.807, 2.05) is 0 Å². The highest BCUT2D eigenvalue weighted by Crippen LogP contribution is 2.28. The molecule has 0 unspecified atom stereocenters. The maximum absolute atomic E-state index is 11.1. The van der Waals surface area contributed by atoms with Crippen LogP contribution >= 0.6 is 10.7 Å². The van der Waals surface area contributed by atoms with Gasteiger partial charge >= 0.3 is 0 Å². The van der Waals surface area contributed by atoms with Crippen molar-refractivity contribution in [3.63, 3.8) is 0 Å². The first-order valence-electron chi connectivity index (χ1n) is 5.23. The molecule has 1 aromatic carbocycles. The van der Waals surface area contributed by atoms with Crippen molar-refractivity contribution in [2.45, 2.75) is 30.3 Å². The molecule has 0 aliphatic carbocycles. The molecule has 1 aliphatic heterocycles. The molecule has 1 aromatic rings. The molecular weight excluding hydrogens is 248 g/mol. The van der Waals surface area contributed by atoms with Gasteiger partial charge in [0.05, 0.1) is 11.0 Å². The summed E-state index contributed by atoms with van der Waals surface area (Å²) in [6, 6.07) is 6.59. The lowest BCUT2D eigenvalue weighted by atomic mass is 10.0. The Hall–Kier alpha value is -0.580. The molecule has 0 bridgehead atoms. The molecule has 1 aliphatic rings. The Labute approximate surface area is 99.8 Å². The average Bonchev–Trinajstić information content (AvgIpc) is 2.29. The molecule has 0 aromatic heterocycles. The monoisotopic (exact) mass is 260 g/mol. The quantitative estimate of drug-likeness (QED) is 0.768. The Bertz CT molecular complexity index is 447. The second-order valence-electron chi connectivity index (χ2n) is 3.86. The van der Waals surface area contributed by atoms with E-state index in [9.17, 15) is 8.42 Å². The van der Waals surface area contributed by atoms with Crippen LogP contribution in [-0.4, -0.2) is 15.0 Å². The van der Waals surface area contributed by atoms with Gasteiger partial charge in [0.25, 0.3) is 9.05 Å². The Morgan fingerprint density at radius 1 is 1.19 bits per heavy atom. The van der Waals surface area contributed by atoms with Crippen molar-refractivity contribution in [1.29, 1.82) is 0 Å². The summed E-state index contributed by atoms with van der Waals surface area (Å²) in [6.45, 7) is 0.778. The summed E-state index contributed by atoms with van der Waals surface area (Å²) in [5.41, 5.74) is 1.02. The van der Waals surface area contributed by atoms with Crippen molar-refractivity contribution in [2.75, 3.05) is 6.61 Å². The Morgan fingerprint density at radius 2 is 1.88 bits per heavy atom. The predicted octanol–water partition coefficient (Wildman–Crippen LogP) is 2.86. The van der Waals surface area contributed by atoms with Gasteiger partial charge in [-0.25, -0.2) is 8.42 Å². The number of ether oxygens (including phenoxy) is 1. The minimum atomic E-state index is -3.62. The van der Waals surface area contributed by atoms with Crippen LogP contribution in [0.1, 0.15) is 30.9 Å². The third kappa shape index (κ3) is 2.75. The van der Waals surface area contributed by atoms with E-state index in [0.717, 1.165) is 31.4 Å². The third-order valence-electron chi connectivity index (χ3n) is 2.71. The van der Waals surface area contributed by atoms with Crippen LogP contribution in [0.25, 0.3) is 0 Å². The summed E-state index contributed by atoms with van der Waals surface area (Å²) in [4.78, 5) is 0.133. The minimum Gasteiger partial charge on any atom is -0.374 e. The Balaban J connectivity index is 2.18. The molecule has 88 valence electrons. The standard InChI is InChI=1S/C11H13ClO3S/c12-16(13,14)10-6-4-9(5-7-10)11-3-1-2-8-15-11/h4-7,11H,1-3,8H2/t11-/m1/s1. The summed E-state index contributed by atoms with van der Waals surface area (Å²) in [5.74, 6) is 0. The Morgan fingerprint density at radius 3 is 2.38 bits per heavy atom. The highest BCUT2D eigenvalue weighted by atomic mass is 35.7. The highest BCUT2D eigenvalue weighted by Gasteiger charge is 2.17. The van der Waals surface area contributed by atoms with E-state index >= 15 is 0 Å². The first kappa shape index (κ1) is 11.9. The first-order valence-corrected chi connectivity index (χ1v) is 7.54. The Kier molecular flexibility index (Phi) is 3.52. The number of hydrogen-bond donors (Lipinski definition) is 0. The SMILES string of the molecule is O=S(=O)(Cl)c1ccc([C@H]2CCCCO2)cc1. The molecule has 0 radical (unpaired) electrons. The van der Waals surface area contributed by atoms with Gasteiger partial charge < -0.3 is 4.74 Å². The number of benzene rings is 1. The van der Waals surface area contributed by atoms with Gasteiger partial charge in [0.2, 0.25) is 0 Å². The van der Waals surface area contributed by atoms with Crippen LogP contribution in [0.3, 0.4) is 0 Å². The molecule has 1 atom stereocenters. The lowest BCUT2D eigenvalue weighted by molar-refractivity contribution is 0.0149. The van der Waals surface area contributed by atoms with Crippen molar-refractivity contribution < 1.29 is 13.2 Å². The summed E-state index contributed by atoms with van der Waals surface area (Å²) in [7, 11) is 1.62. The second kappa shape index (κ2) is 4.73. The molecule has 3 nitrogen and oxygen atoms in total. The van der Waals surface area contributed by atoms with Crippen LogP contribution in [0.4, 0.5) is 0 Å². The molecule has 1 heterocycles. The van der Waals surface area contributed by atoms with Gasteiger partial charge in [-0.3, -0.25) is 0 Å². The van der Waals surface area contributed by atoms with Crippen molar-refractivity contribution in [3.05, 3.63) is 29.8 Å². The van der Waals surface area contributed by atoms with Crippen LogP contribution < -0.4 is 0 Å². The molecule has 0 N–H and O–H groups in total. The van der Waals surface area contributed by atoms with E-state index in [0.29, 0.717) is 0 Å². The number of rotatable bonds is 2. The molecule has 0 spiro atoms. The largest absolute Gasteiger partial charge is 0.374 e. The summed E-state index contributed by atoms with van der Waals surface area (Å²) in [5, 5.41) is 0. The lowest BCUT2D eigenvalue weighted by Gasteiger charge is -2.22. The molecule has 1 fully saturated rings. The van der Waals surface area contributed by atoms with Crippen molar-refractivity contribution in [1.82, 2.24) is 0 Å². The maximum Gasteiger partial charge on any atom is 0.261 e. The van der Waals surface area contributed by atoms with Crippen LogP contribution in [0.15, 0.2) is 29.2 Å². The second-order valence-corrected chi connectivity index (χ2v) is 6.43. The van der Waals surface area contributed by atoms with Gasteiger partial charge in [-0.05, 0) is 37.0 Å². The zero-order chi connectivity index (χ0) is 11.6. The van der Waals surface area contributed by atoms with Gasteiger partial charge in [-0.2, -0.15) is 0 Å². The van der Waals surface area contributed by atoms with Gasteiger partial charge in [-0.1, -0.05) is 12.1 Å². The van der Waals surface area contributed by atoms with E-state index in [2.05, 4.69) is 0 Å². The van der Waals surface area contributed by atoms with Gasteiger partial charge in [0.1, 0.15) is 0 Å². The third-order valence-corrected chi connectivity index (χ3v) is 4.08. The topological polar surface area (TPSA) is 43.4 Å². The highest BCUT2D eigenvalue weighted by molar-refractivity contribution is 8.13. The van der Waals surface area contributed by atoms with E-state index in [1.165, 1.54) is 12.1 Å². The average molecular weight is 261 g/mol. The van der Waals surface area contributed by atoms with Crippen LogP contribution in [0.2, 0.25) is 0 Å². The van der Waals surface area contributed by atoms with Crippen molar-refractivity contribution in [3.8, 4) is 0 Å². The fourth-order valence-electron chi connectivity index (χ4n) is 1.85. The zero-order valence-electron chi connectivity index (χ0n) is 8.73. The number of halogens is 1. The van der Waals surface area contributed by atoms with Gasteiger partial charge in [-0.15, -0.1) is 0 Å². The minimum absolute atomic E-state index is 0.0980. The first-order chi connectivity index (χ1) is 7.57. The molecule has 16 heavy (non-hydrogen) atoms. The van der Waals surface area contributed by atoms with Gasteiger partial charge in [0, 0.05) is 17.3 Å². The fourth-order valence-corrected chi connectivity index (χ4v) is 2.62. The molecular formula is C11H13ClO3S. The van der Waals surface area contributed by atoms with Crippen LogP contribution in [-0.2, 0) is 13.8 Å². The molecule has 0 amide bonds. The summed E-state index contributed by atoms with van der Waals surface area (Å²) >= 11 is 0. The van der Waals surface area contributed by atoms with Crippen molar-refractivity contribution in [2.24, 2.45) is 0 Å². The maximum atomic E-state index is 11.1. The predicted molar refractivity (Wildman–Crippen MR) is 62.0 cm³/mol.